The molecule has 0 amide bonds. The molecule has 1 rings (SSSR count). The van der Waals surface area contributed by atoms with E-state index >= 15 is 0 Å². The monoisotopic (exact) mass is 252 g/mol. The molecule has 0 aromatic rings. The van der Waals surface area contributed by atoms with Crippen LogP contribution in [-0.2, 0) is 4.74 Å². The minimum absolute atomic E-state index is 0.0657. The van der Waals surface area contributed by atoms with E-state index in [1.165, 1.54) is 12.8 Å². The molecule has 3 heteroatoms. The van der Waals surface area contributed by atoms with Crippen molar-refractivity contribution in [1.29, 1.82) is 5.26 Å². The zero-order valence-corrected chi connectivity index (χ0v) is 12.3. The van der Waals surface area contributed by atoms with Crippen LogP contribution in [0.3, 0.4) is 0 Å². The molecule has 3 nitrogen and oxygen atoms in total. The maximum Gasteiger partial charge on any atom is 0.0974 e. The van der Waals surface area contributed by atoms with Crippen LogP contribution in [-0.4, -0.2) is 25.3 Å². The summed E-state index contributed by atoms with van der Waals surface area (Å²) in [6, 6.07) is 2.21. The number of nitrogens with zero attached hydrogens (tertiary/aromatic N) is 1. The Labute approximate surface area is 112 Å². The Bertz CT molecular complexity index is 283. The molecule has 0 saturated heterocycles. The van der Waals surface area contributed by atoms with E-state index in [0.29, 0.717) is 18.1 Å². The third-order valence-corrected chi connectivity index (χ3v) is 3.71. The molecular formula is C15H28N2O. The van der Waals surface area contributed by atoms with E-state index in [1.807, 2.05) is 6.92 Å². The van der Waals surface area contributed by atoms with Crippen molar-refractivity contribution in [2.75, 3.05) is 13.2 Å². The van der Waals surface area contributed by atoms with Crippen LogP contribution in [0.2, 0.25) is 0 Å². The maximum atomic E-state index is 8.95. The quantitative estimate of drug-likeness (QED) is 0.790. The van der Waals surface area contributed by atoms with Crippen molar-refractivity contribution < 1.29 is 4.74 Å². The molecule has 3 atom stereocenters. The summed E-state index contributed by atoms with van der Waals surface area (Å²) in [5.41, 5.74) is 0.401. The molecule has 0 aromatic carbocycles. The second-order valence-electron chi connectivity index (χ2n) is 6.43. The van der Waals surface area contributed by atoms with Gasteiger partial charge in [0, 0.05) is 6.61 Å². The smallest absolute Gasteiger partial charge is 0.0974 e. The van der Waals surface area contributed by atoms with Crippen LogP contribution < -0.4 is 5.32 Å². The van der Waals surface area contributed by atoms with E-state index in [2.05, 4.69) is 32.2 Å². The Morgan fingerprint density at radius 1 is 1.44 bits per heavy atom. The summed E-state index contributed by atoms with van der Waals surface area (Å²) in [4.78, 5) is 0. The third kappa shape index (κ3) is 5.37. The van der Waals surface area contributed by atoms with Crippen molar-refractivity contribution in [2.45, 2.75) is 65.5 Å². The number of rotatable bonds is 6. The zero-order valence-electron chi connectivity index (χ0n) is 12.3. The molecule has 0 bridgehead atoms. The minimum atomic E-state index is -0.0657. The van der Waals surface area contributed by atoms with Gasteiger partial charge in [-0.25, -0.2) is 0 Å². The summed E-state index contributed by atoms with van der Waals surface area (Å²) in [6.07, 6.45) is 4.78. The summed E-state index contributed by atoms with van der Waals surface area (Å²) in [5, 5.41) is 12.1. The van der Waals surface area contributed by atoms with Crippen LogP contribution in [0.15, 0.2) is 0 Å². The lowest BCUT2D eigenvalue weighted by molar-refractivity contribution is -0.0245. The number of ether oxygens (including phenoxy) is 1. The lowest BCUT2D eigenvalue weighted by atomic mass is 9.71. The molecular weight excluding hydrogens is 224 g/mol. The molecule has 0 aromatic heterocycles. The zero-order chi connectivity index (χ0) is 13.6. The van der Waals surface area contributed by atoms with Gasteiger partial charge >= 0.3 is 0 Å². The molecule has 0 heterocycles. The first-order chi connectivity index (χ1) is 8.46. The average Bonchev–Trinajstić information content (AvgIpc) is 2.25. The topological polar surface area (TPSA) is 45.0 Å². The van der Waals surface area contributed by atoms with E-state index < -0.39 is 0 Å². The van der Waals surface area contributed by atoms with Gasteiger partial charge in [-0.15, -0.1) is 0 Å². The highest BCUT2D eigenvalue weighted by atomic mass is 16.5. The fraction of sp³-hybridized carbons (Fsp3) is 0.933. The first kappa shape index (κ1) is 15.5. The van der Waals surface area contributed by atoms with E-state index in [-0.39, 0.29) is 6.04 Å². The highest BCUT2D eigenvalue weighted by molar-refractivity contribution is 4.89. The molecule has 104 valence electrons. The Hall–Kier alpha value is -0.590. The second-order valence-corrected chi connectivity index (χ2v) is 6.43. The fourth-order valence-electron chi connectivity index (χ4n) is 3.20. The molecule has 0 aliphatic heterocycles. The van der Waals surface area contributed by atoms with Crippen molar-refractivity contribution in [3.8, 4) is 6.07 Å². The molecule has 1 fully saturated rings. The average molecular weight is 252 g/mol. The van der Waals surface area contributed by atoms with Crippen LogP contribution >= 0.6 is 0 Å². The SMILES string of the molecule is CCNC(C#N)CCOC1CC(C)CC(C)(C)C1. The predicted molar refractivity (Wildman–Crippen MR) is 74.2 cm³/mol. The Morgan fingerprint density at radius 3 is 2.72 bits per heavy atom. The Kier molecular flexibility index (Phi) is 6.11. The first-order valence-electron chi connectivity index (χ1n) is 7.21. The van der Waals surface area contributed by atoms with Crippen molar-refractivity contribution in [2.24, 2.45) is 11.3 Å². The van der Waals surface area contributed by atoms with Gasteiger partial charge in [0.1, 0.15) is 0 Å². The standard InChI is InChI=1S/C15H28N2O/c1-5-17-13(11-16)6-7-18-14-8-12(2)9-15(3,4)10-14/h12-14,17H,5-10H2,1-4H3. The lowest BCUT2D eigenvalue weighted by Crippen LogP contribution is -2.34. The van der Waals surface area contributed by atoms with Gasteiger partial charge in [-0.3, -0.25) is 0 Å². The van der Waals surface area contributed by atoms with E-state index in [0.717, 1.165) is 25.3 Å². The van der Waals surface area contributed by atoms with Gasteiger partial charge in [0.15, 0.2) is 0 Å². The summed E-state index contributed by atoms with van der Waals surface area (Å²) in [7, 11) is 0. The lowest BCUT2D eigenvalue weighted by Gasteiger charge is -2.38. The second kappa shape index (κ2) is 7.11. The number of hydrogen-bond acceptors (Lipinski definition) is 3. The molecule has 1 aliphatic carbocycles. The third-order valence-electron chi connectivity index (χ3n) is 3.71. The maximum absolute atomic E-state index is 8.95. The summed E-state index contributed by atoms with van der Waals surface area (Å²) < 4.78 is 5.98. The molecule has 0 spiro atoms. The fourth-order valence-corrected chi connectivity index (χ4v) is 3.20. The summed E-state index contributed by atoms with van der Waals surface area (Å²) in [5.74, 6) is 0.749. The van der Waals surface area contributed by atoms with Gasteiger partial charge < -0.3 is 10.1 Å². The molecule has 0 radical (unpaired) electrons. The van der Waals surface area contributed by atoms with Gasteiger partial charge in [-0.05, 0) is 43.6 Å². The van der Waals surface area contributed by atoms with Gasteiger partial charge in [-0.2, -0.15) is 5.26 Å². The molecule has 18 heavy (non-hydrogen) atoms. The first-order valence-corrected chi connectivity index (χ1v) is 7.21. The van der Waals surface area contributed by atoms with Gasteiger partial charge in [0.2, 0.25) is 0 Å². The molecule has 1 saturated carbocycles. The Morgan fingerprint density at radius 2 is 2.17 bits per heavy atom. The van der Waals surface area contributed by atoms with Crippen LogP contribution in [0.1, 0.15) is 53.4 Å². The van der Waals surface area contributed by atoms with Crippen molar-refractivity contribution in [1.82, 2.24) is 5.32 Å². The van der Waals surface area contributed by atoms with Crippen molar-refractivity contribution >= 4 is 0 Å². The Balaban J connectivity index is 2.28. The van der Waals surface area contributed by atoms with E-state index in [4.69, 9.17) is 10.00 Å². The predicted octanol–water partition coefficient (Wildman–Crippen LogP) is 3.11. The molecule has 1 aliphatic rings. The van der Waals surface area contributed by atoms with Crippen molar-refractivity contribution in [3.05, 3.63) is 0 Å². The highest BCUT2D eigenvalue weighted by Gasteiger charge is 2.32. The normalized spacial score (nSPS) is 28.6. The molecule has 1 N–H and O–H groups in total. The number of hydrogen-bond donors (Lipinski definition) is 1. The van der Waals surface area contributed by atoms with Crippen LogP contribution in [0.25, 0.3) is 0 Å². The van der Waals surface area contributed by atoms with Crippen LogP contribution in [0, 0.1) is 22.7 Å². The number of nitriles is 1. The highest BCUT2D eigenvalue weighted by Crippen LogP contribution is 2.39. The van der Waals surface area contributed by atoms with Crippen molar-refractivity contribution in [3.63, 3.8) is 0 Å². The van der Waals surface area contributed by atoms with Gasteiger partial charge in [-0.1, -0.05) is 27.7 Å². The largest absolute Gasteiger partial charge is 0.378 e. The summed E-state index contributed by atoms with van der Waals surface area (Å²) in [6.45, 7) is 10.5. The van der Waals surface area contributed by atoms with E-state index in [1.54, 1.807) is 0 Å². The van der Waals surface area contributed by atoms with Gasteiger partial charge in [0.25, 0.3) is 0 Å². The molecule has 3 unspecified atom stereocenters. The minimum Gasteiger partial charge on any atom is -0.378 e. The summed E-state index contributed by atoms with van der Waals surface area (Å²) >= 11 is 0. The van der Waals surface area contributed by atoms with Crippen LogP contribution in [0.4, 0.5) is 0 Å². The van der Waals surface area contributed by atoms with Gasteiger partial charge in [0.05, 0.1) is 18.2 Å². The van der Waals surface area contributed by atoms with E-state index in [9.17, 15) is 0 Å². The number of nitrogens with one attached hydrogen (secondary N) is 1. The van der Waals surface area contributed by atoms with Crippen LogP contribution in [0.5, 0.6) is 0 Å².